The van der Waals surface area contributed by atoms with Gasteiger partial charge in [-0.15, -0.1) is 0 Å². The van der Waals surface area contributed by atoms with Crippen LogP contribution in [-0.2, 0) is 9.53 Å². The largest absolute Gasteiger partial charge is 0.379 e. The van der Waals surface area contributed by atoms with Crippen LogP contribution in [0.4, 0.5) is 0 Å². The van der Waals surface area contributed by atoms with Gasteiger partial charge in [0.2, 0.25) is 5.91 Å². The molecule has 0 unspecified atom stereocenters. The number of amides is 1. The molecule has 1 aliphatic heterocycles. The SMILES string of the molecule is NC(=O)/C=C/CCCN1CCOCC1. The molecule has 0 aromatic heterocycles. The van der Waals surface area contributed by atoms with Crippen molar-refractivity contribution < 1.29 is 9.53 Å². The number of hydrogen-bond donors (Lipinski definition) is 1. The minimum Gasteiger partial charge on any atom is -0.379 e. The molecular weight excluding hydrogens is 180 g/mol. The van der Waals surface area contributed by atoms with E-state index in [1.807, 2.05) is 6.08 Å². The van der Waals surface area contributed by atoms with Crippen LogP contribution in [0.25, 0.3) is 0 Å². The first kappa shape index (κ1) is 11.2. The van der Waals surface area contributed by atoms with E-state index < -0.39 is 0 Å². The summed E-state index contributed by atoms with van der Waals surface area (Å²) in [5.74, 6) is -0.364. The molecule has 80 valence electrons. The zero-order chi connectivity index (χ0) is 10.2. The summed E-state index contributed by atoms with van der Waals surface area (Å²) in [6, 6.07) is 0. The molecule has 0 aliphatic carbocycles. The van der Waals surface area contributed by atoms with Crippen LogP contribution in [0, 0.1) is 0 Å². The van der Waals surface area contributed by atoms with E-state index in [-0.39, 0.29) is 5.91 Å². The van der Waals surface area contributed by atoms with E-state index in [4.69, 9.17) is 10.5 Å². The fourth-order valence-electron chi connectivity index (χ4n) is 1.46. The lowest BCUT2D eigenvalue weighted by molar-refractivity contribution is -0.113. The van der Waals surface area contributed by atoms with Crippen molar-refractivity contribution >= 4 is 5.91 Å². The number of allylic oxidation sites excluding steroid dienone is 1. The number of ether oxygens (including phenoxy) is 1. The Bertz CT molecular complexity index is 198. The Morgan fingerprint density at radius 2 is 2.14 bits per heavy atom. The van der Waals surface area contributed by atoms with Crippen molar-refractivity contribution in [3.63, 3.8) is 0 Å². The molecule has 0 aromatic carbocycles. The first-order valence-corrected chi connectivity index (χ1v) is 5.05. The Kier molecular flexibility index (Phi) is 5.25. The van der Waals surface area contributed by atoms with E-state index in [1.165, 1.54) is 6.08 Å². The van der Waals surface area contributed by atoms with Crippen LogP contribution in [0.1, 0.15) is 12.8 Å². The molecular formula is C10H18N2O2. The average molecular weight is 198 g/mol. The first-order chi connectivity index (χ1) is 6.79. The smallest absolute Gasteiger partial charge is 0.241 e. The van der Waals surface area contributed by atoms with Gasteiger partial charge in [-0.1, -0.05) is 6.08 Å². The Balaban J connectivity index is 2.00. The predicted molar refractivity (Wildman–Crippen MR) is 54.8 cm³/mol. The predicted octanol–water partition coefficient (Wildman–Crippen LogP) is 0.140. The van der Waals surface area contributed by atoms with Crippen molar-refractivity contribution in [2.75, 3.05) is 32.8 Å². The normalized spacial score (nSPS) is 18.9. The minimum atomic E-state index is -0.364. The van der Waals surface area contributed by atoms with Crippen molar-refractivity contribution in [1.29, 1.82) is 0 Å². The third kappa shape index (κ3) is 4.99. The van der Waals surface area contributed by atoms with Crippen molar-refractivity contribution in [2.24, 2.45) is 5.73 Å². The van der Waals surface area contributed by atoms with Crippen molar-refractivity contribution in [3.8, 4) is 0 Å². The molecule has 1 amide bonds. The molecule has 1 rings (SSSR count). The highest BCUT2D eigenvalue weighted by molar-refractivity contribution is 5.85. The monoisotopic (exact) mass is 198 g/mol. The molecule has 1 heterocycles. The van der Waals surface area contributed by atoms with Crippen LogP contribution in [0.3, 0.4) is 0 Å². The summed E-state index contributed by atoms with van der Waals surface area (Å²) in [6.07, 6.45) is 5.26. The van der Waals surface area contributed by atoms with E-state index in [0.717, 1.165) is 45.7 Å². The number of carbonyl (C=O) groups is 1. The van der Waals surface area contributed by atoms with Crippen LogP contribution >= 0.6 is 0 Å². The lowest BCUT2D eigenvalue weighted by Gasteiger charge is -2.26. The van der Waals surface area contributed by atoms with Gasteiger partial charge in [-0.2, -0.15) is 0 Å². The average Bonchev–Trinajstić information content (AvgIpc) is 2.18. The zero-order valence-corrected chi connectivity index (χ0v) is 8.45. The van der Waals surface area contributed by atoms with Crippen LogP contribution in [0.15, 0.2) is 12.2 Å². The lowest BCUT2D eigenvalue weighted by atomic mass is 10.2. The van der Waals surface area contributed by atoms with Gasteiger partial charge in [0.05, 0.1) is 13.2 Å². The highest BCUT2D eigenvalue weighted by Gasteiger charge is 2.08. The number of hydrogen-bond acceptors (Lipinski definition) is 3. The highest BCUT2D eigenvalue weighted by atomic mass is 16.5. The Morgan fingerprint density at radius 3 is 2.79 bits per heavy atom. The molecule has 1 aliphatic rings. The molecule has 4 heteroatoms. The maximum Gasteiger partial charge on any atom is 0.241 e. The second-order valence-corrected chi connectivity index (χ2v) is 3.40. The summed E-state index contributed by atoms with van der Waals surface area (Å²) in [6.45, 7) is 4.82. The second kappa shape index (κ2) is 6.56. The maximum atomic E-state index is 10.4. The topological polar surface area (TPSA) is 55.6 Å². The van der Waals surface area contributed by atoms with E-state index >= 15 is 0 Å². The molecule has 0 spiro atoms. The van der Waals surface area contributed by atoms with E-state index in [2.05, 4.69) is 4.90 Å². The fourth-order valence-corrected chi connectivity index (χ4v) is 1.46. The summed E-state index contributed by atoms with van der Waals surface area (Å²) in [5.41, 5.74) is 4.96. The van der Waals surface area contributed by atoms with Gasteiger partial charge in [-0.3, -0.25) is 9.69 Å². The van der Waals surface area contributed by atoms with Gasteiger partial charge in [-0.25, -0.2) is 0 Å². The third-order valence-electron chi connectivity index (χ3n) is 2.23. The molecule has 1 fully saturated rings. The second-order valence-electron chi connectivity index (χ2n) is 3.40. The van der Waals surface area contributed by atoms with Gasteiger partial charge in [0.25, 0.3) is 0 Å². The van der Waals surface area contributed by atoms with Gasteiger partial charge in [-0.05, 0) is 25.5 Å². The Morgan fingerprint density at radius 1 is 1.43 bits per heavy atom. The van der Waals surface area contributed by atoms with Gasteiger partial charge in [0.15, 0.2) is 0 Å². The molecule has 0 bridgehead atoms. The standard InChI is InChI=1S/C10H18N2O2/c11-10(13)4-2-1-3-5-12-6-8-14-9-7-12/h2,4H,1,3,5-9H2,(H2,11,13)/b4-2+. The summed E-state index contributed by atoms with van der Waals surface area (Å²) < 4.78 is 5.24. The molecule has 0 atom stereocenters. The van der Waals surface area contributed by atoms with E-state index in [9.17, 15) is 4.79 Å². The number of rotatable bonds is 5. The number of unbranched alkanes of at least 4 members (excludes halogenated alkanes) is 1. The van der Waals surface area contributed by atoms with Gasteiger partial charge >= 0.3 is 0 Å². The first-order valence-electron chi connectivity index (χ1n) is 5.05. The van der Waals surface area contributed by atoms with Crippen LogP contribution in [0.5, 0.6) is 0 Å². The summed E-state index contributed by atoms with van der Waals surface area (Å²) in [7, 11) is 0. The van der Waals surface area contributed by atoms with E-state index in [1.54, 1.807) is 0 Å². The van der Waals surface area contributed by atoms with Gasteiger partial charge in [0, 0.05) is 13.1 Å². The molecule has 14 heavy (non-hydrogen) atoms. The minimum absolute atomic E-state index is 0.364. The molecule has 2 N–H and O–H groups in total. The summed E-state index contributed by atoms with van der Waals surface area (Å²) in [5, 5.41) is 0. The highest BCUT2D eigenvalue weighted by Crippen LogP contribution is 2.00. The summed E-state index contributed by atoms with van der Waals surface area (Å²) in [4.78, 5) is 12.7. The quantitative estimate of drug-likeness (QED) is 0.505. The molecule has 4 nitrogen and oxygen atoms in total. The van der Waals surface area contributed by atoms with Crippen LogP contribution in [0.2, 0.25) is 0 Å². The summed E-state index contributed by atoms with van der Waals surface area (Å²) >= 11 is 0. The Labute approximate surface area is 84.7 Å². The molecule has 0 radical (unpaired) electrons. The van der Waals surface area contributed by atoms with Gasteiger partial charge < -0.3 is 10.5 Å². The zero-order valence-electron chi connectivity index (χ0n) is 8.45. The van der Waals surface area contributed by atoms with Crippen molar-refractivity contribution in [3.05, 3.63) is 12.2 Å². The van der Waals surface area contributed by atoms with Crippen molar-refractivity contribution in [2.45, 2.75) is 12.8 Å². The lowest BCUT2D eigenvalue weighted by Crippen LogP contribution is -2.36. The maximum absolute atomic E-state index is 10.4. The van der Waals surface area contributed by atoms with Gasteiger partial charge in [0.1, 0.15) is 0 Å². The number of carbonyl (C=O) groups excluding carboxylic acids is 1. The number of morpholine rings is 1. The molecule has 1 saturated heterocycles. The number of nitrogens with zero attached hydrogens (tertiary/aromatic N) is 1. The molecule has 0 aromatic rings. The Hall–Kier alpha value is -0.870. The van der Waals surface area contributed by atoms with Crippen molar-refractivity contribution in [1.82, 2.24) is 4.90 Å². The third-order valence-corrected chi connectivity index (χ3v) is 2.23. The molecule has 0 saturated carbocycles. The number of nitrogens with two attached hydrogens (primary N) is 1. The number of primary amides is 1. The van der Waals surface area contributed by atoms with Crippen LogP contribution in [-0.4, -0.2) is 43.7 Å². The van der Waals surface area contributed by atoms with Crippen LogP contribution < -0.4 is 5.73 Å². The van der Waals surface area contributed by atoms with E-state index in [0.29, 0.717) is 0 Å². The fraction of sp³-hybridized carbons (Fsp3) is 0.700.